The molecule has 1 N–H and O–H groups in total. The van der Waals surface area contributed by atoms with E-state index in [0.29, 0.717) is 26.2 Å². The number of amides is 1. The zero-order valence-corrected chi connectivity index (χ0v) is 16.8. The Morgan fingerprint density at radius 1 is 1.11 bits per heavy atom. The van der Waals surface area contributed by atoms with E-state index < -0.39 is 28.3 Å². The minimum atomic E-state index is -3.99. The number of halogens is 1. The first kappa shape index (κ1) is 21.8. The molecule has 2 aromatic rings. The lowest BCUT2D eigenvalue weighted by atomic mass is 10.2. The molecule has 0 radical (unpaired) electrons. The van der Waals surface area contributed by atoms with Crippen molar-refractivity contribution in [2.45, 2.75) is 25.2 Å². The van der Waals surface area contributed by atoms with E-state index in [1.54, 1.807) is 12.1 Å². The lowest BCUT2D eigenvalue weighted by Gasteiger charge is -2.24. The van der Waals surface area contributed by atoms with E-state index in [1.807, 2.05) is 13.8 Å². The molecule has 0 aromatic heterocycles. The van der Waals surface area contributed by atoms with Gasteiger partial charge in [-0.05, 0) is 56.7 Å². The van der Waals surface area contributed by atoms with Crippen LogP contribution in [0, 0.1) is 12.7 Å². The van der Waals surface area contributed by atoms with Crippen LogP contribution in [-0.2, 0) is 19.6 Å². The maximum Gasteiger partial charge on any atom is 0.264 e. The van der Waals surface area contributed by atoms with Gasteiger partial charge in [-0.25, -0.2) is 12.8 Å². The summed E-state index contributed by atoms with van der Waals surface area (Å²) in [5.41, 5.74) is 1.13. The van der Waals surface area contributed by atoms with Gasteiger partial charge in [0.2, 0.25) is 5.91 Å². The molecule has 2 aromatic carbocycles. The molecule has 0 heterocycles. The van der Waals surface area contributed by atoms with E-state index in [4.69, 9.17) is 4.74 Å². The number of carbonyl (C=O) groups excluding carboxylic acids is 1. The fraction of sp³-hybridized carbons (Fsp3) is 0.350. The third kappa shape index (κ3) is 6.03. The van der Waals surface area contributed by atoms with Crippen LogP contribution in [0.2, 0.25) is 0 Å². The van der Waals surface area contributed by atoms with Crippen LogP contribution in [0.4, 0.5) is 10.1 Å². The molecular weight excluding hydrogens is 383 g/mol. The number of rotatable bonds is 10. The molecule has 0 aliphatic rings. The highest BCUT2D eigenvalue weighted by Crippen LogP contribution is 2.24. The average molecular weight is 408 g/mol. The number of nitrogens with one attached hydrogen (secondary N) is 1. The summed E-state index contributed by atoms with van der Waals surface area (Å²) in [5, 5.41) is 2.69. The molecule has 0 fully saturated rings. The van der Waals surface area contributed by atoms with E-state index in [2.05, 4.69) is 5.32 Å². The van der Waals surface area contributed by atoms with Gasteiger partial charge in [-0.3, -0.25) is 9.10 Å². The Labute approximate surface area is 165 Å². The normalized spacial score (nSPS) is 11.2. The van der Waals surface area contributed by atoms with Crippen molar-refractivity contribution in [3.8, 4) is 0 Å². The van der Waals surface area contributed by atoms with Crippen LogP contribution in [0.25, 0.3) is 0 Å². The monoisotopic (exact) mass is 408 g/mol. The number of hydrogen-bond donors (Lipinski definition) is 1. The third-order valence-electron chi connectivity index (χ3n) is 4.00. The molecule has 0 bridgehead atoms. The molecule has 0 saturated heterocycles. The molecule has 0 saturated carbocycles. The van der Waals surface area contributed by atoms with Gasteiger partial charge < -0.3 is 10.1 Å². The van der Waals surface area contributed by atoms with Crippen molar-refractivity contribution in [2.24, 2.45) is 0 Å². The number of anilines is 1. The van der Waals surface area contributed by atoms with Gasteiger partial charge in [0.25, 0.3) is 10.0 Å². The van der Waals surface area contributed by atoms with Crippen LogP contribution in [-0.4, -0.2) is 40.6 Å². The van der Waals surface area contributed by atoms with E-state index in [-0.39, 0.29) is 10.6 Å². The molecule has 2 rings (SSSR count). The Bertz CT molecular complexity index is 868. The number of sulfonamides is 1. The smallest absolute Gasteiger partial charge is 0.264 e. The van der Waals surface area contributed by atoms with Gasteiger partial charge in [0.15, 0.2) is 0 Å². The topological polar surface area (TPSA) is 75.7 Å². The first-order chi connectivity index (χ1) is 13.3. The summed E-state index contributed by atoms with van der Waals surface area (Å²) in [6.45, 7) is 4.82. The van der Waals surface area contributed by atoms with Gasteiger partial charge in [-0.2, -0.15) is 0 Å². The third-order valence-corrected chi connectivity index (χ3v) is 5.79. The van der Waals surface area contributed by atoms with Crippen LogP contribution in [0.1, 0.15) is 18.9 Å². The zero-order valence-electron chi connectivity index (χ0n) is 16.0. The molecule has 6 nitrogen and oxygen atoms in total. The maximum absolute atomic E-state index is 13.3. The Morgan fingerprint density at radius 3 is 2.36 bits per heavy atom. The number of benzene rings is 2. The predicted molar refractivity (Wildman–Crippen MR) is 106 cm³/mol. The summed E-state index contributed by atoms with van der Waals surface area (Å²) in [6, 6.07) is 11.3. The highest BCUT2D eigenvalue weighted by atomic mass is 32.2. The minimum absolute atomic E-state index is 0.0616. The Morgan fingerprint density at radius 2 is 1.75 bits per heavy atom. The van der Waals surface area contributed by atoms with Gasteiger partial charge >= 0.3 is 0 Å². The molecule has 0 unspecified atom stereocenters. The summed E-state index contributed by atoms with van der Waals surface area (Å²) in [5.74, 6) is -0.937. The minimum Gasteiger partial charge on any atom is -0.382 e. The number of ether oxygens (including phenoxy) is 1. The summed E-state index contributed by atoms with van der Waals surface area (Å²) in [6.07, 6.45) is 0.626. The average Bonchev–Trinajstić information content (AvgIpc) is 2.67. The summed E-state index contributed by atoms with van der Waals surface area (Å²) in [7, 11) is -3.99. The van der Waals surface area contributed by atoms with E-state index in [1.165, 1.54) is 24.3 Å². The second-order valence-electron chi connectivity index (χ2n) is 6.20. The van der Waals surface area contributed by atoms with E-state index in [9.17, 15) is 17.6 Å². The largest absolute Gasteiger partial charge is 0.382 e. The quantitative estimate of drug-likeness (QED) is 0.614. The molecule has 8 heteroatoms. The second kappa shape index (κ2) is 10.2. The fourth-order valence-corrected chi connectivity index (χ4v) is 3.91. The van der Waals surface area contributed by atoms with E-state index >= 15 is 0 Å². The van der Waals surface area contributed by atoms with Crippen molar-refractivity contribution in [2.75, 3.05) is 30.6 Å². The molecule has 0 aliphatic carbocycles. The molecule has 0 spiro atoms. The Hall–Kier alpha value is -2.45. The number of hydrogen-bond acceptors (Lipinski definition) is 4. The van der Waals surface area contributed by atoms with Crippen LogP contribution < -0.4 is 9.62 Å². The lowest BCUT2D eigenvalue weighted by Crippen LogP contribution is -2.41. The van der Waals surface area contributed by atoms with Gasteiger partial charge in [0.1, 0.15) is 12.4 Å². The fourth-order valence-electron chi connectivity index (χ4n) is 2.49. The number of nitrogens with zero attached hydrogens (tertiary/aromatic N) is 1. The van der Waals surface area contributed by atoms with E-state index in [0.717, 1.165) is 22.0 Å². The highest BCUT2D eigenvalue weighted by Gasteiger charge is 2.27. The van der Waals surface area contributed by atoms with Gasteiger partial charge in [-0.1, -0.05) is 17.7 Å². The van der Waals surface area contributed by atoms with Crippen LogP contribution in [0.15, 0.2) is 53.4 Å². The Balaban J connectivity index is 2.21. The first-order valence-electron chi connectivity index (χ1n) is 9.04. The van der Waals surface area contributed by atoms with Crippen molar-refractivity contribution in [1.82, 2.24) is 5.32 Å². The highest BCUT2D eigenvalue weighted by molar-refractivity contribution is 7.92. The van der Waals surface area contributed by atoms with Gasteiger partial charge in [0, 0.05) is 19.8 Å². The molecule has 28 heavy (non-hydrogen) atoms. The molecule has 1 amide bonds. The summed E-state index contributed by atoms with van der Waals surface area (Å²) in [4.78, 5) is 12.4. The van der Waals surface area contributed by atoms with Gasteiger partial charge in [0.05, 0.1) is 10.6 Å². The van der Waals surface area contributed by atoms with Crippen molar-refractivity contribution < 1.29 is 22.3 Å². The Kier molecular flexibility index (Phi) is 7.95. The van der Waals surface area contributed by atoms with Gasteiger partial charge in [-0.15, -0.1) is 0 Å². The first-order valence-corrected chi connectivity index (χ1v) is 10.5. The van der Waals surface area contributed by atoms with Crippen molar-refractivity contribution in [3.05, 3.63) is 59.9 Å². The molecular formula is C20H25FN2O4S. The summed E-state index contributed by atoms with van der Waals surface area (Å²) >= 11 is 0. The van der Waals surface area contributed by atoms with Crippen molar-refractivity contribution >= 4 is 21.6 Å². The van der Waals surface area contributed by atoms with Crippen LogP contribution in [0.3, 0.4) is 0 Å². The molecule has 0 atom stereocenters. The van der Waals surface area contributed by atoms with Crippen molar-refractivity contribution in [1.29, 1.82) is 0 Å². The van der Waals surface area contributed by atoms with Crippen molar-refractivity contribution in [3.63, 3.8) is 0 Å². The second-order valence-corrected chi connectivity index (χ2v) is 8.06. The number of aryl methyl sites for hydroxylation is 1. The molecule has 152 valence electrons. The number of carbonyl (C=O) groups is 1. The summed E-state index contributed by atoms with van der Waals surface area (Å²) < 4.78 is 45.7. The lowest BCUT2D eigenvalue weighted by molar-refractivity contribution is -0.119. The predicted octanol–water partition coefficient (Wildman–Crippen LogP) is 2.87. The maximum atomic E-state index is 13.3. The molecule has 0 aliphatic heterocycles. The van der Waals surface area contributed by atoms with Crippen LogP contribution >= 0.6 is 0 Å². The SMILES string of the molecule is CCOCCCNC(=O)CN(c1ccc(F)cc1)S(=O)(=O)c1ccc(C)cc1. The standard InChI is InChI=1S/C20H25FN2O4S/c1-3-27-14-4-13-22-20(24)15-23(18-9-7-17(21)8-10-18)28(25,26)19-11-5-16(2)6-12-19/h5-12H,3-4,13-15H2,1-2H3,(H,22,24). The van der Waals surface area contributed by atoms with Crippen LogP contribution in [0.5, 0.6) is 0 Å². The zero-order chi connectivity index (χ0) is 20.6.